The second kappa shape index (κ2) is 10.6. The van der Waals surface area contributed by atoms with E-state index in [1.807, 2.05) is 69.3 Å². The van der Waals surface area contributed by atoms with Gasteiger partial charge < -0.3 is 20.4 Å². The average Bonchev–Trinajstić information content (AvgIpc) is 3.29. The standard InChI is InChI=1S/C29H34N6O2/c1-19-7-12-25(15-20(19)2)35-18-22(17-27(35)36)28(37)31-23-8-10-24(11-9-23)32-29-30-21(3)16-26(33-29)34-13-5-4-6-14-34/h7-12,15-16,22H,4-6,13-14,17-18H2,1-3H3,(H,31,37)(H,30,32,33)/t22-/m0/s1. The maximum atomic E-state index is 12.9. The maximum absolute atomic E-state index is 12.9. The molecule has 1 aromatic heterocycles. The summed E-state index contributed by atoms with van der Waals surface area (Å²) in [5.41, 5.74) is 5.60. The van der Waals surface area contributed by atoms with Gasteiger partial charge in [-0.2, -0.15) is 4.98 Å². The number of nitrogens with one attached hydrogen (secondary N) is 2. The van der Waals surface area contributed by atoms with E-state index in [0.29, 0.717) is 18.2 Å². The van der Waals surface area contributed by atoms with Crippen molar-refractivity contribution in [2.75, 3.05) is 40.1 Å². The van der Waals surface area contributed by atoms with Gasteiger partial charge in [-0.05, 0) is 87.6 Å². The first kappa shape index (κ1) is 24.7. The molecule has 2 fully saturated rings. The van der Waals surface area contributed by atoms with Crippen LogP contribution in [0.15, 0.2) is 48.5 Å². The van der Waals surface area contributed by atoms with Crippen molar-refractivity contribution < 1.29 is 9.59 Å². The van der Waals surface area contributed by atoms with Crippen molar-refractivity contribution in [1.29, 1.82) is 0 Å². The van der Waals surface area contributed by atoms with Crippen molar-refractivity contribution in [2.24, 2.45) is 5.92 Å². The van der Waals surface area contributed by atoms with Gasteiger partial charge in [0, 0.05) is 54.9 Å². The predicted octanol–water partition coefficient (Wildman–Crippen LogP) is 5.13. The molecular weight excluding hydrogens is 464 g/mol. The molecule has 5 rings (SSSR count). The van der Waals surface area contributed by atoms with E-state index < -0.39 is 0 Å². The number of hydrogen-bond acceptors (Lipinski definition) is 6. The van der Waals surface area contributed by atoms with Crippen LogP contribution in [-0.2, 0) is 9.59 Å². The van der Waals surface area contributed by atoms with Crippen LogP contribution in [0.3, 0.4) is 0 Å². The highest BCUT2D eigenvalue weighted by atomic mass is 16.2. The average molecular weight is 499 g/mol. The molecule has 0 saturated carbocycles. The molecule has 2 saturated heterocycles. The molecule has 0 radical (unpaired) electrons. The Bertz CT molecular complexity index is 1300. The third-order valence-electron chi connectivity index (χ3n) is 7.23. The second-order valence-electron chi connectivity index (χ2n) is 10.1. The number of carbonyl (C=O) groups excluding carboxylic acids is 2. The Kier molecular flexibility index (Phi) is 7.08. The second-order valence-corrected chi connectivity index (χ2v) is 10.1. The largest absolute Gasteiger partial charge is 0.356 e. The van der Waals surface area contributed by atoms with Gasteiger partial charge in [-0.25, -0.2) is 4.98 Å². The quantitative estimate of drug-likeness (QED) is 0.490. The summed E-state index contributed by atoms with van der Waals surface area (Å²) in [7, 11) is 0. The first-order chi connectivity index (χ1) is 17.9. The lowest BCUT2D eigenvalue weighted by Gasteiger charge is -2.28. The maximum Gasteiger partial charge on any atom is 0.229 e. The molecule has 0 bridgehead atoms. The van der Waals surface area contributed by atoms with Crippen LogP contribution < -0.4 is 20.4 Å². The highest BCUT2D eigenvalue weighted by Gasteiger charge is 2.35. The molecule has 8 heteroatoms. The highest BCUT2D eigenvalue weighted by molar-refractivity contribution is 6.03. The van der Waals surface area contributed by atoms with E-state index in [-0.39, 0.29) is 24.2 Å². The molecule has 37 heavy (non-hydrogen) atoms. The zero-order chi connectivity index (χ0) is 25.9. The van der Waals surface area contributed by atoms with E-state index in [4.69, 9.17) is 4.98 Å². The lowest BCUT2D eigenvalue weighted by atomic mass is 10.1. The van der Waals surface area contributed by atoms with E-state index in [1.165, 1.54) is 24.8 Å². The summed E-state index contributed by atoms with van der Waals surface area (Å²) < 4.78 is 0. The lowest BCUT2D eigenvalue weighted by Crippen LogP contribution is -2.30. The van der Waals surface area contributed by atoms with Crippen molar-refractivity contribution in [1.82, 2.24) is 9.97 Å². The third kappa shape index (κ3) is 5.74. The summed E-state index contributed by atoms with van der Waals surface area (Å²) >= 11 is 0. The van der Waals surface area contributed by atoms with Crippen LogP contribution in [0, 0.1) is 26.7 Å². The number of anilines is 5. The molecule has 192 valence electrons. The monoisotopic (exact) mass is 498 g/mol. The van der Waals surface area contributed by atoms with Gasteiger partial charge in [0.05, 0.1) is 5.92 Å². The molecule has 0 spiro atoms. The SMILES string of the molecule is Cc1cc(N2CCCCC2)nc(Nc2ccc(NC(=O)[C@H]3CC(=O)N(c4ccc(C)c(C)c4)C3)cc2)n1. The number of carbonyl (C=O) groups is 2. The minimum atomic E-state index is -0.388. The molecule has 2 aromatic carbocycles. The Labute approximate surface area is 218 Å². The van der Waals surface area contributed by atoms with Gasteiger partial charge >= 0.3 is 0 Å². The summed E-state index contributed by atoms with van der Waals surface area (Å²) in [6.45, 7) is 8.49. The van der Waals surface area contributed by atoms with Crippen molar-refractivity contribution >= 4 is 40.6 Å². The minimum absolute atomic E-state index is 0.0231. The summed E-state index contributed by atoms with van der Waals surface area (Å²) in [6.07, 6.45) is 3.87. The van der Waals surface area contributed by atoms with Crippen LogP contribution in [-0.4, -0.2) is 41.4 Å². The fourth-order valence-electron chi connectivity index (χ4n) is 4.93. The first-order valence-electron chi connectivity index (χ1n) is 13.0. The molecule has 8 nitrogen and oxygen atoms in total. The van der Waals surface area contributed by atoms with Gasteiger partial charge in [-0.15, -0.1) is 0 Å². The Morgan fingerprint density at radius 1 is 0.892 bits per heavy atom. The van der Waals surface area contributed by atoms with Gasteiger partial charge in [-0.1, -0.05) is 6.07 Å². The number of rotatable bonds is 6. The number of aryl methyl sites for hydroxylation is 3. The zero-order valence-electron chi connectivity index (χ0n) is 21.8. The van der Waals surface area contributed by atoms with Crippen molar-refractivity contribution in [3.8, 4) is 0 Å². The molecule has 3 aromatic rings. The highest BCUT2D eigenvalue weighted by Crippen LogP contribution is 2.28. The molecule has 2 aliphatic heterocycles. The van der Waals surface area contributed by atoms with E-state index in [1.54, 1.807) is 4.90 Å². The van der Waals surface area contributed by atoms with Crippen molar-refractivity contribution in [3.63, 3.8) is 0 Å². The van der Waals surface area contributed by atoms with Crippen LogP contribution in [0.2, 0.25) is 0 Å². The first-order valence-corrected chi connectivity index (χ1v) is 13.0. The summed E-state index contributed by atoms with van der Waals surface area (Å²) in [5, 5.41) is 6.25. The third-order valence-corrected chi connectivity index (χ3v) is 7.23. The Morgan fingerprint density at radius 3 is 2.35 bits per heavy atom. The lowest BCUT2D eigenvalue weighted by molar-refractivity contribution is -0.122. The molecule has 2 amide bonds. The van der Waals surface area contributed by atoms with Crippen LogP contribution >= 0.6 is 0 Å². The fraction of sp³-hybridized carbons (Fsp3) is 0.379. The van der Waals surface area contributed by atoms with Crippen LogP contribution in [0.1, 0.15) is 42.5 Å². The number of aromatic nitrogens is 2. The van der Waals surface area contributed by atoms with Crippen LogP contribution in [0.5, 0.6) is 0 Å². The van der Waals surface area contributed by atoms with Gasteiger partial charge in [0.2, 0.25) is 17.8 Å². The smallest absolute Gasteiger partial charge is 0.229 e. The molecule has 0 aliphatic carbocycles. The van der Waals surface area contributed by atoms with E-state index in [0.717, 1.165) is 41.5 Å². The predicted molar refractivity (Wildman–Crippen MR) is 148 cm³/mol. The van der Waals surface area contributed by atoms with Gasteiger partial charge in [0.15, 0.2) is 0 Å². The number of nitrogens with zero attached hydrogens (tertiary/aromatic N) is 4. The van der Waals surface area contributed by atoms with Gasteiger partial charge in [0.1, 0.15) is 5.82 Å². The molecule has 2 aliphatic rings. The fourth-order valence-corrected chi connectivity index (χ4v) is 4.93. The molecule has 3 heterocycles. The minimum Gasteiger partial charge on any atom is -0.356 e. The zero-order valence-corrected chi connectivity index (χ0v) is 21.8. The van der Waals surface area contributed by atoms with Crippen molar-refractivity contribution in [2.45, 2.75) is 46.5 Å². The normalized spacial score (nSPS) is 17.7. The van der Waals surface area contributed by atoms with Gasteiger partial charge in [-0.3, -0.25) is 9.59 Å². The van der Waals surface area contributed by atoms with Crippen LogP contribution in [0.25, 0.3) is 0 Å². The van der Waals surface area contributed by atoms with E-state index in [9.17, 15) is 9.59 Å². The van der Waals surface area contributed by atoms with Gasteiger partial charge in [0.25, 0.3) is 0 Å². The number of hydrogen-bond donors (Lipinski definition) is 2. The number of benzene rings is 2. The Balaban J connectivity index is 1.20. The number of piperidine rings is 1. The van der Waals surface area contributed by atoms with E-state index >= 15 is 0 Å². The Hall–Kier alpha value is -3.94. The molecule has 0 unspecified atom stereocenters. The van der Waals surface area contributed by atoms with Crippen molar-refractivity contribution in [3.05, 3.63) is 65.4 Å². The molecular formula is C29H34N6O2. The molecule has 2 N–H and O–H groups in total. The summed E-state index contributed by atoms with van der Waals surface area (Å²) in [4.78, 5) is 38.8. The number of amides is 2. The topological polar surface area (TPSA) is 90.5 Å². The molecule has 1 atom stereocenters. The van der Waals surface area contributed by atoms with E-state index in [2.05, 4.69) is 20.5 Å². The summed E-state index contributed by atoms with van der Waals surface area (Å²) in [5.74, 6) is 0.965. The Morgan fingerprint density at radius 2 is 1.62 bits per heavy atom. The van der Waals surface area contributed by atoms with Crippen LogP contribution in [0.4, 0.5) is 28.8 Å². The summed E-state index contributed by atoms with van der Waals surface area (Å²) in [6, 6.07) is 15.5.